The average Bonchev–Trinajstić information content (AvgIpc) is 3.35. The van der Waals surface area contributed by atoms with Gasteiger partial charge in [-0.3, -0.25) is 9.89 Å². The zero-order valence-corrected chi connectivity index (χ0v) is 16.3. The van der Waals surface area contributed by atoms with E-state index in [0.717, 1.165) is 19.0 Å². The molecule has 2 N–H and O–H groups in total. The molecule has 3 heterocycles. The number of hydrogen-bond acceptors (Lipinski definition) is 5. The normalized spacial score (nSPS) is 22.7. The van der Waals surface area contributed by atoms with E-state index >= 15 is 0 Å². The Hall–Kier alpha value is -1.16. The third-order valence-electron chi connectivity index (χ3n) is 4.79. The molecule has 2 aliphatic rings. The number of sulfonamides is 1. The minimum absolute atomic E-state index is 0.336. The van der Waals surface area contributed by atoms with Crippen molar-refractivity contribution in [2.45, 2.75) is 29.5 Å². The van der Waals surface area contributed by atoms with Gasteiger partial charge in [0, 0.05) is 39.3 Å². The molecule has 25 heavy (non-hydrogen) atoms. The van der Waals surface area contributed by atoms with E-state index in [-0.39, 0.29) is 0 Å². The third-order valence-corrected chi connectivity index (χ3v) is 7.65. The van der Waals surface area contributed by atoms with E-state index in [0.29, 0.717) is 23.3 Å². The number of aliphatic imine (C=N–C) groups is 1. The molecule has 2 aliphatic heterocycles. The van der Waals surface area contributed by atoms with Crippen molar-refractivity contribution in [2.24, 2.45) is 4.99 Å². The van der Waals surface area contributed by atoms with Crippen LogP contribution in [0.25, 0.3) is 0 Å². The van der Waals surface area contributed by atoms with Crippen molar-refractivity contribution in [3.05, 3.63) is 17.5 Å². The molecule has 2 saturated heterocycles. The van der Waals surface area contributed by atoms with Gasteiger partial charge < -0.3 is 10.2 Å². The number of nitrogens with one attached hydrogen (secondary N) is 2. The smallest absolute Gasteiger partial charge is 0.250 e. The second kappa shape index (κ2) is 8.48. The van der Waals surface area contributed by atoms with E-state index < -0.39 is 10.0 Å². The molecule has 140 valence electrons. The predicted octanol–water partition coefficient (Wildman–Crippen LogP) is 0.772. The molecule has 0 saturated carbocycles. The summed E-state index contributed by atoms with van der Waals surface area (Å²) in [6, 6.07) is 3.98. The highest BCUT2D eigenvalue weighted by Gasteiger charge is 2.30. The lowest BCUT2D eigenvalue weighted by Crippen LogP contribution is -2.44. The standard InChI is InChI=1S/C16H27N5O2S2/c1-17-16(21-11-6-14(13-21)20-9-2-3-10-20)18-7-8-19-25(22,23)15-5-4-12-24-15/h4-5,12,14,19H,2-3,6-11,13H2,1H3,(H,17,18). The lowest BCUT2D eigenvalue weighted by atomic mass is 10.2. The minimum atomic E-state index is -3.39. The molecule has 7 nitrogen and oxygen atoms in total. The first-order valence-electron chi connectivity index (χ1n) is 8.83. The fourth-order valence-electron chi connectivity index (χ4n) is 3.52. The summed E-state index contributed by atoms with van der Waals surface area (Å²) < 4.78 is 27.1. The quantitative estimate of drug-likeness (QED) is 0.430. The van der Waals surface area contributed by atoms with Crippen LogP contribution < -0.4 is 10.0 Å². The first-order valence-corrected chi connectivity index (χ1v) is 11.2. The van der Waals surface area contributed by atoms with Crippen LogP contribution in [0.5, 0.6) is 0 Å². The summed E-state index contributed by atoms with van der Waals surface area (Å²) in [6.45, 7) is 5.29. The Morgan fingerprint density at radius 1 is 1.32 bits per heavy atom. The summed E-state index contributed by atoms with van der Waals surface area (Å²) in [7, 11) is -1.61. The number of hydrogen-bond donors (Lipinski definition) is 2. The molecule has 0 amide bonds. The number of rotatable bonds is 6. The summed E-state index contributed by atoms with van der Waals surface area (Å²) in [5, 5.41) is 5.04. The van der Waals surface area contributed by atoms with Crippen molar-refractivity contribution in [3.63, 3.8) is 0 Å². The first kappa shape index (κ1) is 18.6. The number of thiophene rings is 1. The highest BCUT2D eigenvalue weighted by molar-refractivity contribution is 7.91. The van der Waals surface area contributed by atoms with Crippen molar-refractivity contribution in [1.82, 2.24) is 19.8 Å². The number of nitrogens with zero attached hydrogens (tertiary/aromatic N) is 3. The fraction of sp³-hybridized carbons (Fsp3) is 0.688. The molecule has 0 spiro atoms. The maximum atomic E-state index is 12.1. The third kappa shape index (κ3) is 4.72. The maximum Gasteiger partial charge on any atom is 0.250 e. The Kier molecular flexibility index (Phi) is 6.32. The van der Waals surface area contributed by atoms with Crippen molar-refractivity contribution < 1.29 is 8.42 Å². The number of guanidine groups is 1. The molecule has 1 aromatic heterocycles. The van der Waals surface area contributed by atoms with Crippen LogP contribution in [0, 0.1) is 0 Å². The van der Waals surface area contributed by atoms with Crippen LogP contribution >= 0.6 is 11.3 Å². The molecular weight excluding hydrogens is 358 g/mol. The molecule has 2 fully saturated rings. The van der Waals surface area contributed by atoms with Gasteiger partial charge in [0.15, 0.2) is 5.96 Å². The molecule has 0 aromatic carbocycles. The summed E-state index contributed by atoms with van der Waals surface area (Å²) in [5.41, 5.74) is 0. The van der Waals surface area contributed by atoms with Gasteiger partial charge in [0.1, 0.15) is 4.21 Å². The van der Waals surface area contributed by atoms with E-state index in [1.807, 2.05) is 0 Å². The molecule has 1 atom stereocenters. The van der Waals surface area contributed by atoms with Gasteiger partial charge in [-0.15, -0.1) is 11.3 Å². The van der Waals surface area contributed by atoms with E-state index in [4.69, 9.17) is 0 Å². The van der Waals surface area contributed by atoms with Crippen LogP contribution in [0.2, 0.25) is 0 Å². The van der Waals surface area contributed by atoms with Gasteiger partial charge in [-0.05, 0) is 43.8 Å². The van der Waals surface area contributed by atoms with Gasteiger partial charge in [-0.25, -0.2) is 13.1 Å². The molecule has 0 aliphatic carbocycles. The minimum Gasteiger partial charge on any atom is -0.355 e. The van der Waals surface area contributed by atoms with E-state index in [9.17, 15) is 8.42 Å². The van der Waals surface area contributed by atoms with E-state index in [1.165, 1.54) is 43.7 Å². The van der Waals surface area contributed by atoms with Crippen LogP contribution in [-0.4, -0.2) is 76.5 Å². The van der Waals surface area contributed by atoms with Crippen molar-refractivity contribution in [3.8, 4) is 0 Å². The van der Waals surface area contributed by atoms with E-state index in [1.54, 1.807) is 24.6 Å². The molecule has 3 rings (SSSR count). The zero-order chi connectivity index (χ0) is 17.7. The lowest BCUT2D eigenvalue weighted by molar-refractivity contribution is 0.249. The fourth-order valence-corrected chi connectivity index (χ4v) is 5.59. The van der Waals surface area contributed by atoms with Gasteiger partial charge in [0.05, 0.1) is 0 Å². The predicted molar refractivity (Wildman–Crippen MR) is 102 cm³/mol. The van der Waals surface area contributed by atoms with Crippen molar-refractivity contribution >= 4 is 27.3 Å². The van der Waals surface area contributed by atoms with Gasteiger partial charge in [0.25, 0.3) is 0 Å². The Bertz CT molecular complexity index is 669. The maximum absolute atomic E-state index is 12.1. The van der Waals surface area contributed by atoms with Crippen molar-refractivity contribution in [2.75, 3.05) is 46.3 Å². The van der Waals surface area contributed by atoms with Crippen LogP contribution in [0.15, 0.2) is 26.7 Å². The SMILES string of the molecule is CN=C(NCCNS(=O)(=O)c1cccs1)N1CCC(N2CCCC2)C1. The largest absolute Gasteiger partial charge is 0.355 e. The Morgan fingerprint density at radius 3 is 2.80 bits per heavy atom. The Balaban J connectivity index is 1.42. The molecular formula is C16H27N5O2S2. The molecule has 1 unspecified atom stereocenters. The van der Waals surface area contributed by atoms with Crippen LogP contribution in [0.3, 0.4) is 0 Å². The molecule has 9 heteroatoms. The second-order valence-corrected chi connectivity index (χ2v) is 9.38. The highest BCUT2D eigenvalue weighted by Crippen LogP contribution is 2.20. The molecule has 0 bridgehead atoms. The highest BCUT2D eigenvalue weighted by atomic mass is 32.2. The molecule has 1 aromatic rings. The average molecular weight is 386 g/mol. The van der Waals surface area contributed by atoms with Gasteiger partial charge >= 0.3 is 0 Å². The summed E-state index contributed by atoms with van der Waals surface area (Å²) in [5.74, 6) is 0.858. The first-order chi connectivity index (χ1) is 12.1. The monoisotopic (exact) mass is 385 g/mol. The van der Waals surface area contributed by atoms with Gasteiger partial charge in [-0.1, -0.05) is 6.07 Å². The van der Waals surface area contributed by atoms with Crippen molar-refractivity contribution in [1.29, 1.82) is 0 Å². The van der Waals surface area contributed by atoms with Crippen LogP contribution in [0.4, 0.5) is 0 Å². The summed E-state index contributed by atoms with van der Waals surface area (Å²) >= 11 is 1.22. The van der Waals surface area contributed by atoms with Gasteiger partial charge in [0.2, 0.25) is 10.0 Å². The summed E-state index contributed by atoms with van der Waals surface area (Å²) in [4.78, 5) is 9.21. The van der Waals surface area contributed by atoms with Crippen LogP contribution in [0.1, 0.15) is 19.3 Å². The molecule has 0 radical (unpaired) electrons. The second-order valence-electron chi connectivity index (χ2n) is 6.44. The Morgan fingerprint density at radius 2 is 2.12 bits per heavy atom. The summed E-state index contributed by atoms with van der Waals surface area (Å²) in [6.07, 6.45) is 3.80. The topological polar surface area (TPSA) is 77.0 Å². The van der Waals surface area contributed by atoms with Gasteiger partial charge in [-0.2, -0.15) is 0 Å². The van der Waals surface area contributed by atoms with Crippen LogP contribution in [-0.2, 0) is 10.0 Å². The zero-order valence-electron chi connectivity index (χ0n) is 14.6. The Labute approximate surface area is 154 Å². The lowest BCUT2D eigenvalue weighted by Gasteiger charge is -2.25. The number of likely N-dealkylation sites (tertiary alicyclic amines) is 2. The van der Waals surface area contributed by atoms with E-state index in [2.05, 4.69) is 24.8 Å².